The van der Waals surface area contributed by atoms with Crippen molar-refractivity contribution in [3.05, 3.63) is 44.7 Å². The number of hydrogen-bond acceptors (Lipinski definition) is 5. The average Bonchev–Trinajstić information content (AvgIpc) is 2.59. The largest absolute Gasteiger partial charge is 0.492 e. The second-order valence-corrected chi connectivity index (χ2v) is 5.82. The van der Waals surface area contributed by atoms with Gasteiger partial charge in [0.1, 0.15) is 34.8 Å². The van der Waals surface area contributed by atoms with Crippen LogP contribution in [0.15, 0.2) is 23.0 Å². The Labute approximate surface area is 150 Å². The van der Waals surface area contributed by atoms with Gasteiger partial charge in [0.2, 0.25) is 0 Å². The number of nitriles is 2. The van der Waals surface area contributed by atoms with Crippen LogP contribution in [-0.4, -0.2) is 11.6 Å². The molecule has 128 valence electrons. The monoisotopic (exact) mass is 356 g/mol. The topological polar surface area (TPSA) is 116 Å². The maximum absolute atomic E-state index is 12.0. The van der Waals surface area contributed by atoms with Crippen molar-refractivity contribution in [3.8, 4) is 29.0 Å². The third-order valence-corrected chi connectivity index (χ3v) is 3.99. The lowest BCUT2D eigenvalue weighted by atomic mass is 9.96. The van der Waals surface area contributed by atoms with Crippen LogP contribution in [0.5, 0.6) is 5.75 Å². The number of ether oxygens (including phenoxy) is 1. The van der Waals surface area contributed by atoms with Gasteiger partial charge in [-0.05, 0) is 24.1 Å². The number of pyridine rings is 1. The number of halogens is 1. The molecular weight excluding hydrogens is 340 g/mol. The summed E-state index contributed by atoms with van der Waals surface area (Å²) in [4.78, 5) is 14.3. The molecule has 1 aromatic carbocycles. The van der Waals surface area contributed by atoms with E-state index in [0.717, 1.165) is 19.3 Å². The quantitative estimate of drug-likeness (QED) is 0.767. The second-order valence-electron chi connectivity index (χ2n) is 5.42. The lowest BCUT2D eigenvalue weighted by Gasteiger charge is -2.12. The lowest BCUT2D eigenvalue weighted by molar-refractivity contribution is 0.306. The first-order valence-electron chi connectivity index (χ1n) is 7.82. The number of benzene rings is 1. The highest BCUT2D eigenvalue weighted by atomic mass is 35.5. The van der Waals surface area contributed by atoms with Gasteiger partial charge in [-0.1, -0.05) is 37.4 Å². The number of hydrogen-bond donors (Lipinski definition) is 2. The molecule has 0 spiro atoms. The van der Waals surface area contributed by atoms with Crippen LogP contribution in [0, 0.1) is 22.7 Å². The maximum Gasteiger partial charge on any atom is 0.268 e. The van der Waals surface area contributed by atoms with Gasteiger partial charge in [0, 0.05) is 5.56 Å². The minimum Gasteiger partial charge on any atom is -0.492 e. The number of aromatic nitrogens is 1. The van der Waals surface area contributed by atoms with Crippen molar-refractivity contribution in [2.45, 2.75) is 26.2 Å². The summed E-state index contributed by atoms with van der Waals surface area (Å²) in [6.45, 7) is 2.66. The Hall–Kier alpha value is -2.96. The molecule has 0 aliphatic heterocycles. The first kappa shape index (κ1) is 18.4. The van der Waals surface area contributed by atoms with E-state index in [4.69, 9.17) is 22.1 Å². The molecule has 0 aliphatic rings. The molecule has 0 aliphatic carbocycles. The number of anilines is 1. The van der Waals surface area contributed by atoms with Crippen molar-refractivity contribution in [2.24, 2.45) is 0 Å². The fourth-order valence-corrected chi connectivity index (χ4v) is 2.67. The van der Waals surface area contributed by atoms with Crippen LogP contribution in [0.2, 0.25) is 5.02 Å². The number of unbranched alkanes of at least 4 members (excludes halogenated alkanes) is 2. The molecule has 2 rings (SSSR count). The van der Waals surface area contributed by atoms with Crippen molar-refractivity contribution in [2.75, 3.05) is 12.3 Å². The Kier molecular flexibility index (Phi) is 6.05. The molecule has 6 nitrogen and oxygen atoms in total. The molecular formula is C18H17ClN4O2. The van der Waals surface area contributed by atoms with Gasteiger partial charge in [-0.3, -0.25) is 4.79 Å². The molecule has 0 fully saturated rings. The zero-order valence-electron chi connectivity index (χ0n) is 13.7. The van der Waals surface area contributed by atoms with E-state index in [1.807, 2.05) is 12.1 Å². The van der Waals surface area contributed by atoms with E-state index in [-0.39, 0.29) is 22.5 Å². The van der Waals surface area contributed by atoms with E-state index >= 15 is 0 Å². The number of nitrogens with one attached hydrogen (secondary N) is 1. The van der Waals surface area contributed by atoms with Crippen molar-refractivity contribution in [1.82, 2.24) is 4.98 Å². The van der Waals surface area contributed by atoms with Crippen LogP contribution in [0.1, 0.15) is 37.3 Å². The molecule has 7 heteroatoms. The molecule has 0 saturated carbocycles. The first-order valence-corrected chi connectivity index (χ1v) is 8.19. The van der Waals surface area contributed by atoms with Crippen LogP contribution in [-0.2, 0) is 0 Å². The minimum absolute atomic E-state index is 0.0313. The summed E-state index contributed by atoms with van der Waals surface area (Å²) in [7, 11) is 0. The number of H-pyrrole nitrogens is 1. The van der Waals surface area contributed by atoms with Gasteiger partial charge in [-0.15, -0.1) is 0 Å². The summed E-state index contributed by atoms with van der Waals surface area (Å²) in [5.41, 5.74) is 5.54. The molecule has 0 bridgehead atoms. The maximum atomic E-state index is 12.0. The molecule has 25 heavy (non-hydrogen) atoms. The zero-order valence-corrected chi connectivity index (χ0v) is 14.5. The number of nitrogens with two attached hydrogens (primary N) is 1. The smallest absolute Gasteiger partial charge is 0.268 e. The Morgan fingerprint density at radius 2 is 1.96 bits per heavy atom. The molecule has 2 aromatic rings. The van der Waals surface area contributed by atoms with E-state index < -0.39 is 5.56 Å². The van der Waals surface area contributed by atoms with Crippen LogP contribution >= 0.6 is 11.6 Å². The summed E-state index contributed by atoms with van der Waals surface area (Å²) < 4.78 is 5.64. The molecule has 3 N–H and O–H groups in total. The van der Waals surface area contributed by atoms with E-state index in [1.165, 1.54) is 0 Å². The van der Waals surface area contributed by atoms with Gasteiger partial charge in [-0.25, -0.2) is 0 Å². The summed E-state index contributed by atoms with van der Waals surface area (Å²) in [5.74, 6) is 0.425. The van der Waals surface area contributed by atoms with Crippen LogP contribution in [0.4, 0.5) is 5.82 Å². The van der Waals surface area contributed by atoms with E-state index in [9.17, 15) is 15.3 Å². The summed E-state index contributed by atoms with van der Waals surface area (Å²) in [5, 5.41) is 19.0. The highest BCUT2D eigenvalue weighted by Crippen LogP contribution is 2.34. The Bertz CT molecular complexity index is 922. The van der Waals surface area contributed by atoms with Gasteiger partial charge in [0.25, 0.3) is 5.56 Å². The first-order chi connectivity index (χ1) is 12.0. The molecule has 0 saturated heterocycles. The third kappa shape index (κ3) is 3.93. The third-order valence-electron chi connectivity index (χ3n) is 3.69. The molecule has 0 atom stereocenters. The van der Waals surface area contributed by atoms with Crippen LogP contribution < -0.4 is 16.0 Å². The van der Waals surface area contributed by atoms with Gasteiger partial charge < -0.3 is 15.5 Å². The van der Waals surface area contributed by atoms with Gasteiger partial charge in [0.05, 0.1) is 11.6 Å². The highest BCUT2D eigenvalue weighted by Gasteiger charge is 2.19. The average molecular weight is 357 g/mol. The fraction of sp³-hybridized carbons (Fsp3) is 0.278. The second kappa shape index (κ2) is 8.23. The Morgan fingerprint density at radius 1 is 1.24 bits per heavy atom. The van der Waals surface area contributed by atoms with Crippen molar-refractivity contribution in [3.63, 3.8) is 0 Å². The van der Waals surface area contributed by atoms with Crippen LogP contribution in [0.3, 0.4) is 0 Å². The molecule has 0 radical (unpaired) electrons. The van der Waals surface area contributed by atoms with Crippen molar-refractivity contribution < 1.29 is 4.74 Å². The van der Waals surface area contributed by atoms with Gasteiger partial charge >= 0.3 is 0 Å². The summed E-state index contributed by atoms with van der Waals surface area (Å²) in [6.07, 6.45) is 3.09. The minimum atomic E-state index is -0.648. The Morgan fingerprint density at radius 3 is 2.56 bits per heavy atom. The van der Waals surface area contributed by atoms with E-state index in [2.05, 4.69) is 11.9 Å². The van der Waals surface area contributed by atoms with E-state index in [0.29, 0.717) is 22.9 Å². The summed E-state index contributed by atoms with van der Waals surface area (Å²) in [6, 6.07) is 8.62. The fourth-order valence-electron chi connectivity index (χ4n) is 2.44. The Balaban J connectivity index is 2.47. The van der Waals surface area contributed by atoms with Crippen LogP contribution in [0.25, 0.3) is 11.1 Å². The predicted molar refractivity (Wildman–Crippen MR) is 96.4 cm³/mol. The number of nitrogen functional groups attached to an aromatic ring is 1. The SMILES string of the molecule is CCCCCOc1ccc(-c2c(C#N)c(N)[nH]c(=O)c2C#N)cc1Cl. The van der Waals surface area contributed by atoms with Gasteiger partial charge in [-0.2, -0.15) is 10.5 Å². The molecule has 1 heterocycles. The zero-order chi connectivity index (χ0) is 18.4. The number of rotatable bonds is 6. The standard InChI is InChI=1S/C18H17ClN4O2/c1-2-3-4-7-25-15-6-5-11(8-14(15)19)16-12(9-20)17(22)23-18(24)13(16)10-21/h5-6,8H,2-4,7H2,1H3,(H3,22,23,24). The molecule has 0 unspecified atom stereocenters. The normalized spacial score (nSPS) is 10.1. The number of aromatic amines is 1. The number of nitrogens with zero attached hydrogens (tertiary/aromatic N) is 2. The van der Waals surface area contributed by atoms with Crippen molar-refractivity contribution in [1.29, 1.82) is 10.5 Å². The highest BCUT2D eigenvalue weighted by molar-refractivity contribution is 6.32. The molecule has 1 aromatic heterocycles. The lowest BCUT2D eigenvalue weighted by Crippen LogP contribution is -2.16. The van der Waals surface area contributed by atoms with E-state index in [1.54, 1.807) is 18.2 Å². The molecule has 0 amide bonds. The van der Waals surface area contributed by atoms with Crippen molar-refractivity contribution >= 4 is 17.4 Å². The van der Waals surface area contributed by atoms with Gasteiger partial charge in [0.15, 0.2) is 0 Å². The summed E-state index contributed by atoms with van der Waals surface area (Å²) >= 11 is 6.25. The predicted octanol–water partition coefficient (Wildman–Crippen LogP) is 3.59.